The minimum Gasteiger partial charge on any atom is -0.337 e. The molecule has 0 bridgehead atoms. The Kier molecular flexibility index (Phi) is 45.0. The van der Waals surface area contributed by atoms with Crippen LogP contribution in [0.5, 0.6) is 0 Å². The van der Waals surface area contributed by atoms with Crippen LogP contribution < -0.4 is 4.90 Å². The number of nitrogens with one attached hydrogen (secondary N) is 1. The van der Waals surface area contributed by atoms with Crippen molar-refractivity contribution < 1.29 is 4.90 Å². The van der Waals surface area contributed by atoms with Crippen LogP contribution >= 0.6 is 0 Å². The van der Waals surface area contributed by atoms with Crippen LogP contribution in [0.25, 0.3) is 0 Å². The molecule has 0 unspecified atom stereocenters. The van der Waals surface area contributed by atoms with E-state index in [2.05, 4.69) is 14.1 Å². The summed E-state index contributed by atoms with van der Waals surface area (Å²) in [6.07, 6.45) is 7.33. The Morgan fingerprint density at radius 3 is 1.06 bits per heavy atom. The van der Waals surface area contributed by atoms with Crippen molar-refractivity contribution in [1.29, 1.82) is 0 Å². The Hall–Kier alpha value is -0.0400. The summed E-state index contributed by atoms with van der Waals surface area (Å²) in [7, 11) is 4.55. The van der Waals surface area contributed by atoms with Crippen LogP contribution in [0.3, 0.4) is 0 Å². The standard InChI is InChI=1S/C8H17N.4C2H6/c1-9(2)8-6-4-3-5-7-8;4*1-2/h8H,3-7H2,1-2H3;4*1-2H3/p+1. The van der Waals surface area contributed by atoms with E-state index < -0.39 is 0 Å². The van der Waals surface area contributed by atoms with Crippen LogP contribution in [0, 0.1) is 0 Å². The highest BCUT2D eigenvalue weighted by molar-refractivity contribution is 4.62. The molecular weight excluding hydrogens is 206 g/mol. The lowest BCUT2D eigenvalue weighted by Gasteiger charge is -2.24. The SMILES string of the molecule is CC.CC.CC.CC.C[NH+](C)C1CCCCC1. The van der Waals surface area contributed by atoms with E-state index in [0.29, 0.717) is 0 Å². The third kappa shape index (κ3) is 21.7. The normalized spacial score (nSPS) is 13.6. The summed E-state index contributed by atoms with van der Waals surface area (Å²) >= 11 is 0. The molecule has 1 saturated carbocycles. The highest BCUT2D eigenvalue weighted by Crippen LogP contribution is 2.14. The first-order valence-electron chi connectivity index (χ1n) is 8.11. The van der Waals surface area contributed by atoms with Gasteiger partial charge in [-0.15, -0.1) is 0 Å². The summed E-state index contributed by atoms with van der Waals surface area (Å²) in [6.45, 7) is 16.0. The second kappa shape index (κ2) is 29.7. The maximum Gasteiger partial charge on any atom is 0.0870 e. The molecule has 0 spiro atoms. The average Bonchev–Trinajstić information content (AvgIpc) is 2.48. The molecule has 110 valence electrons. The molecule has 1 N–H and O–H groups in total. The molecule has 0 aromatic carbocycles. The van der Waals surface area contributed by atoms with Crippen molar-refractivity contribution in [2.45, 2.75) is 93.5 Å². The van der Waals surface area contributed by atoms with E-state index in [1.807, 2.05) is 55.4 Å². The van der Waals surface area contributed by atoms with Crippen LogP contribution in [0.2, 0.25) is 0 Å². The van der Waals surface area contributed by atoms with Crippen molar-refractivity contribution in [3.05, 3.63) is 0 Å². The number of quaternary nitrogens is 1. The minimum atomic E-state index is 0.971. The lowest BCUT2D eigenvalue weighted by atomic mass is 9.95. The van der Waals surface area contributed by atoms with Crippen molar-refractivity contribution in [2.75, 3.05) is 14.1 Å². The van der Waals surface area contributed by atoms with Crippen molar-refractivity contribution >= 4 is 0 Å². The Morgan fingerprint density at radius 2 is 0.882 bits per heavy atom. The molecule has 0 saturated heterocycles. The van der Waals surface area contributed by atoms with Crippen LogP contribution in [0.4, 0.5) is 0 Å². The van der Waals surface area contributed by atoms with Gasteiger partial charge in [-0.25, -0.2) is 0 Å². The third-order valence-electron chi connectivity index (χ3n) is 2.42. The van der Waals surface area contributed by atoms with Gasteiger partial charge in [0, 0.05) is 0 Å². The average molecular weight is 249 g/mol. The maximum atomic E-state index is 2.27. The molecule has 0 atom stereocenters. The topological polar surface area (TPSA) is 4.44 Å². The van der Waals surface area contributed by atoms with Crippen LogP contribution in [0.1, 0.15) is 87.5 Å². The van der Waals surface area contributed by atoms with Crippen molar-refractivity contribution in [1.82, 2.24) is 0 Å². The van der Waals surface area contributed by atoms with Crippen LogP contribution in [-0.2, 0) is 0 Å². The van der Waals surface area contributed by atoms with Gasteiger partial charge in [-0.05, 0) is 25.7 Å². The highest BCUT2D eigenvalue weighted by atomic mass is 15.1. The molecule has 1 aliphatic carbocycles. The van der Waals surface area contributed by atoms with Gasteiger partial charge in [0.05, 0.1) is 20.1 Å². The van der Waals surface area contributed by atoms with Crippen molar-refractivity contribution in [3.8, 4) is 0 Å². The predicted molar refractivity (Wildman–Crippen MR) is 85.1 cm³/mol. The summed E-state index contributed by atoms with van der Waals surface area (Å²) in [5.74, 6) is 0. The Morgan fingerprint density at radius 1 is 0.588 bits per heavy atom. The molecule has 1 heteroatoms. The molecule has 1 rings (SSSR count). The van der Waals surface area contributed by atoms with E-state index in [-0.39, 0.29) is 0 Å². The minimum absolute atomic E-state index is 0.971. The Balaban J connectivity index is -0.0000000905. The van der Waals surface area contributed by atoms with Gasteiger partial charge in [-0.2, -0.15) is 0 Å². The zero-order valence-corrected chi connectivity index (χ0v) is 14.6. The predicted octanol–water partition coefficient (Wildman–Crippen LogP) is 4.57. The lowest BCUT2D eigenvalue weighted by Crippen LogP contribution is -3.10. The Bertz CT molecular complexity index is 73.6. The quantitative estimate of drug-likeness (QED) is 0.693. The fourth-order valence-corrected chi connectivity index (χ4v) is 1.68. The molecule has 0 amide bonds. The molecule has 0 heterocycles. The molecular formula is C16H42N+. The van der Waals surface area contributed by atoms with Crippen molar-refractivity contribution in [2.24, 2.45) is 0 Å². The van der Waals surface area contributed by atoms with E-state index in [4.69, 9.17) is 0 Å². The van der Waals surface area contributed by atoms with Gasteiger partial charge in [0.25, 0.3) is 0 Å². The summed E-state index contributed by atoms with van der Waals surface area (Å²) < 4.78 is 0. The van der Waals surface area contributed by atoms with E-state index in [0.717, 1.165) is 6.04 Å². The molecule has 0 aromatic heterocycles. The second-order valence-electron chi connectivity index (χ2n) is 3.41. The number of hydrogen-bond acceptors (Lipinski definition) is 0. The van der Waals surface area contributed by atoms with Gasteiger partial charge in [0.2, 0.25) is 0 Å². The van der Waals surface area contributed by atoms with E-state index in [1.54, 1.807) is 4.90 Å². The molecule has 0 aromatic rings. The van der Waals surface area contributed by atoms with Gasteiger partial charge in [0.15, 0.2) is 0 Å². The summed E-state index contributed by atoms with van der Waals surface area (Å²) in [5, 5.41) is 0. The number of rotatable bonds is 1. The Labute approximate surface area is 113 Å². The van der Waals surface area contributed by atoms with Crippen LogP contribution in [0.15, 0.2) is 0 Å². The fourth-order valence-electron chi connectivity index (χ4n) is 1.68. The van der Waals surface area contributed by atoms with Gasteiger partial charge in [-0.3, -0.25) is 0 Å². The zero-order chi connectivity index (χ0) is 14.7. The summed E-state index contributed by atoms with van der Waals surface area (Å²) in [5.41, 5.74) is 0. The van der Waals surface area contributed by atoms with Gasteiger partial charge in [-0.1, -0.05) is 61.8 Å². The maximum absolute atomic E-state index is 2.27. The molecule has 0 radical (unpaired) electrons. The fraction of sp³-hybridized carbons (Fsp3) is 1.00. The van der Waals surface area contributed by atoms with E-state index in [9.17, 15) is 0 Å². The molecule has 1 fully saturated rings. The zero-order valence-electron chi connectivity index (χ0n) is 14.6. The first kappa shape index (κ1) is 25.7. The first-order chi connectivity index (χ1) is 8.30. The summed E-state index contributed by atoms with van der Waals surface area (Å²) in [4.78, 5) is 1.65. The van der Waals surface area contributed by atoms with Gasteiger partial charge >= 0.3 is 0 Å². The smallest absolute Gasteiger partial charge is 0.0870 e. The molecule has 1 nitrogen and oxygen atoms in total. The second-order valence-corrected chi connectivity index (χ2v) is 3.41. The van der Waals surface area contributed by atoms with Gasteiger partial charge < -0.3 is 4.90 Å². The van der Waals surface area contributed by atoms with Crippen LogP contribution in [-0.4, -0.2) is 20.1 Å². The largest absolute Gasteiger partial charge is 0.337 e. The lowest BCUT2D eigenvalue weighted by molar-refractivity contribution is -0.887. The first-order valence-corrected chi connectivity index (χ1v) is 8.11. The summed E-state index contributed by atoms with van der Waals surface area (Å²) in [6, 6.07) is 0.971. The van der Waals surface area contributed by atoms with E-state index in [1.165, 1.54) is 32.1 Å². The number of hydrogen-bond donors (Lipinski definition) is 1. The van der Waals surface area contributed by atoms with Gasteiger partial charge in [0.1, 0.15) is 0 Å². The van der Waals surface area contributed by atoms with Crippen molar-refractivity contribution in [3.63, 3.8) is 0 Å². The molecule has 1 aliphatic rings. The monoisotopic (exact) mass is 248 g/mol. The molecule has 17 heavy (non-hydrogen) atoms. The van der Waals surface area contributed by atoms with E-state index >= 15 is 0 Å². The third-order valence-corrected chi connectivity index (χ3v) is 2.42. The molecule has 0 aliphatic heterocycles. The highest BCUT2D eigenvalue weighted by Gasteiger charge is 2.17.